The van der Waals surface area contributed by atoms with Crippen LogP contribution in [0, 0.1) is 11.3 Å². The van der Waals surface area contributed by atoms with E-state index >= 15 is 0 Å². The molecule has 0 saturated carbocycles. The minimum atomic E-state index is -1.35. The Labute approximate surface area is 42.7 Å². The summed E-state index contributed by atoms with van der Waals surface area (Å²) in [6.45, 7) is 4.61. The van der Waals surface area contributed by atoms with Gasteiger partial charge in [-0.05, 0) is 13.0 Å². The lowest BCUT2D eigenvalue weighted by Crippen LogP contribution is -2.15. The zero-order valence-electron chi connectivity index (χ0n) is 4.18. The van der Waals surface area contributed by atoms with Gasteiger partial charge >= 0.3 is 0 Å². The zero-order chi connectivity index (χ0) is 5.91. The van der Waals surface area contributed by atoms with E-state index < -0.39 is 5.60 Å². The van der Waals surface area contributed by atoms with E-state index in [2.05, 4.69) is 6.58 Å². The van der Waals surface area contributed by atoms with Gasteiger partial charge in [-0.15, -0.1) is 0 Å². The highest BCUT2D eigenvalue weighted by molar-refractivity contribution is 5.08. The van der Waals surface area contributed by atoms with Crippen molar-refractivity contribution in [3.05, 3.63) is 12.7 Å². The van der Waals surface area contributed by atoms with Gasteiger partial charge in [-0.1, -0.05) is 6.58 Å². The highest BCUT2D eigenvalue weighted by Gasteiger charge is 2.10. The highest BCUT2D eigenvalue weighted by atomic mass is 16.3. The van der Waals surface area contributed by atoms with Gasteiger partial charge in [0.25, 0.3) is 0 Å². The molecule has 2 heteroatoms. The summed E-state index contributed by atoms with van der Waals surface area (Å²) in [4.78, 5) is 0. The Morgan fingerprint density at radius 2 is 2.43 bits per heavy atom. The maximum atomic E-state index is 8.65. The number of hydrogen-bond donors (Lipinski definition) is 1. The minimum absolute atomic E-state index is 1.19. The second-order valence-corrected chi connectivity index (χ2v) is 1.46. The van der Waals surface area contributed by atoms with Crippen LogP contribution < -0.4 is 0 Å². The van der Waals surface area contributed by atoms with Crippen LogP contribution in [0.3, 0.4) is 0 Å². The first-order valence-corrected chi connectivity index (χ1v) is 1.89. The van der Waals surface area contributed by atoms with Crippen LogP contribution in [0.2, 0.25) is 0 Å². The Morgan fingerprint density at radius 3 is 2.43 bits per heavy atom. The Kier molecular flexibility index (Phi) is 1.56. The van der Waals surface area contributed by atoms with Crippen molar-refractivity contribution in [2.75, 3.05) is 0 Å². The van der Waals surface area contributed by atoms with Gasteiger partial charge < -0.3 is 5.11 Å². The molecule has 0 amide bonds. The summed E-state index contributed by atoms with van der Waals surface area (Å²) in [5.41, 5.74) is -1.35. The van der Waals surface area contributed by atoms with E-state index in [0.29, 0.717) is 0 Å². The summed E-state index contributed by atoms with van der Waals surface area (Å²) in [5, 5.41) is 16.7. The Bertz CT molecular complexity index is 110. The number of hydrogen-bond acceptors (Lipinski definition) is 2. The van der Waals surface area contributed by atoms with Crippen LogP contribution in [0.5, 0.6) is 0 Å². The fourth-order valence-corrected chi connectivity index (χ4v) is 0.0456. The lowest BCUT2D eigenvalue weighted by atomic mass is 10.1. The first-order chi connectivity index (χ1) is 3.12. The summed E-state index contributed by atoms with van der Waals surface area (Å²) in [5.74, 6) is 0. The summed E-state index contributed by atoms with van der Waals surface area (Å²) in [6.07, 6.45) is 1.19. The standard InChI is InChI=1S/C5H7NO/c1-3-5(2,7)4-6/h3,7H,1H2,2H3/t5-/m1/s1. The highest BCUT2D eigenvalue weighted by Crippen LogP contribution is 1.98. The molecule has 0 aliphatic heterocycles. The smallest absolute Gasteiger partial charge is 0.166 e. The Balaban J connectivity index is 3.91. The van der Waals surface area contributed by atoms with Crippen molar-refractivity contribution in [1.82, 2.24) is 0 Å². The van der Waals surface area contributed by atoms with Crippen LogP contribution in [-0.2, 0) is 0 Å². The Morgan fingerprint density at radius 1 is 2.00 bits per heavy atom. The number of nitrogens with zero attached hydrogens (tertiary/aromatic N) is 1. The van der Waals surface area contributed by atoms with Crippen LogP contribution >= 0.6 is 0 Å². The largest absolute Gasteiger partial charge is 0.372 e. The van der Waals surface area contributed by atoms with Gasteiger partial charge in [0.15, 0.2) is 5.60 Å². The molecule has 0 saturated heterocycles. The molecule has 0 spiro atoms. The molecule has 0 fully saturated rings. The van der Waals surface area contributed by atoms with E-state index in [-0.39, 0.29) is 0 Å². The van der Waals surface area contributed by atoms with Crippen LogP contribution in [0.25, 0.3) is 0 Å². The van der Waals surface area contributed by atoms with Crippen LogP contribution in [0.1, 0.15) is 6.92 Å². The van der Waals surface area contributed by atoms with Crippen LogP contribution in [0.4, 0.5) is 0 Å². The second-order valence-electron chi connectivity index (χ2n) is 1.46. The summed E-state index contributed by atoms with van der Waals surface area (Å²) in [7, 11) is 0. The summed E-state index contributed by atoms with van der Waals surface area (Å²) in [6, 6.07) is 1.63. The zero-order valence-corrected chi connectivity index (χ0v) is 4.18. The lowest BCUT2D eigenvalue weighted by molar-refractivity contribution is 0.172. The predicted octanol–water partition coefficient (Wildman–Crippen LogP) is 0.447. The quantitative estimate of drug-likeness (QED) is 0.381. The van der Waals surface area contributed by atoms with Crippen molar-refractivity contribution in [2.45, 2.75) is 12.5 Å². The van der Waals surface area contributed by atoms with E-state index in [1.54, 1.807) is 6.07 Å². The normalized spacial score (nSPS) is 16.7. The summed E-state index contributed by atoms with van der Waals surface area (Å²) >= 11 is 0. The van der Waals surface area contributed by atoms with Gasteiger partial charge in [0.1, 0.15) is 6.07 Å². The van der Waals surface area contributed by atoms with Crippen molar-refractivity contribution in [3.63, 3.8) is 0 Å². The van der Waals surface area contributed by atoms with E-state index in [1.807, 2.05) is 0 Å². The third-order valence-corrected chi connectivity index (χ3v) is 0.624. The molecule has 7 heavy (non-hydrogen) atoms. The molecule has 0 aliphatic carbocycles. The molecule has 0 heterocycles. The van der Waals surface area contributed by atoms with E-state index in [9.17, 15) is 0 Å². The van der Waals surface area contributed by atoms with Gasteiger partial charge in [0.2, 0.25) is 0 Å². The van der Waals surface area contributed by atoms with Crippen LogP contribution in [0.15, 0.2) is 12.7 Å². The minimum Gasteiger partial charge on any atom is -0.372 e. The number of aliphatic hydroxyl groups is 1. The monoisotopic (exact) mass is 97.1 g/mol. The molecule has 0 rings (SSSR count). The van der Waals surface area contributed by atoms with Crippen LogP contribution in [-0.4, -0.2) is 10.7 Å². The fourth-order valence-electron chi connectivity index (χ4n) is 0.0456. The third kappa shape index (κ3) is 1.96. The predicted molar refractivity (Wildman–Crippen MR) is 26.4 cm³/mol. The van der Waals surface area contributed by atoms with Gasteiger partial charge in [-0.25, -0.2) is 0 Å². The number of rotatable bonds is 1. The molecule has 2 nitrogen and oxygen atoms in total. The lowest BCUT2D eigenvalue weighted by Gasteiger charge is -2.03. The fraction of sp³-hybridized carbons (Fsp3) is 0.400. The molecule has 1 N–H and O–H groups in total. The van der Waals surface area contributed by atoms with Gasteiger partial charge in [-0.3, -0.25) is 0 Å². The molecule has 0 bridgehead atoms. The van der Waals surface area contributed by atoms with Gasteiger partial charge in [-0.2, -0.15) is 5.26 Å². The second kappa shape index (κ2) is 1.76. The van der Waals surface area contributed by atoms with Crippen molar-refractivity contribution in [2.24, 2.45) is 0 Å². The molecule has 0 aromatic carbocycles. The maximum Gasteiger partial charge on any atom is 0.166 e. The van der Waals surface area contributed by atoms with E-state index in [1.165, 1.54) is 13.0 Å². The maximum absolute atomic E-state index is 8.65. The molecule has 1 atom stereocenters. The first-order valence-electron chi connectivity index (χ1n) is 1.89. The van der Waals surface area contributed by atoms with Crippen molar-refractivity contribution < 1.29 is 5.11 Å². The average molecular weight is 97.1 g/mol. The molecular formula is C5H7NO. The van der Waals surface area contributed by atoms with E-state index in [4.69, 9.17) is 10.4 Å². The number of nitriles is 1. The topological polar surface area (TPSA) is 44.0 Å². The van der Waals surface area contributed by atoms with Crippen molar-refractivity contribution in [1.29, 1.82) is 5.26 Å². The molecule has 0 radical (unpaired) electrons. The average Bonchev–Trinajstić information content (AvgIpc) is 1.68. The molecule has 0 aliphatic rings. The first kappa shape index (κ1) is 6.19. The van der Waals surface area contributed by atoms with E-state index in [0.717, 1.165) is 0 Å². The van der Waals surface area contributed by atoms with Crippen molar-refractivity contribution in [3.8, 4) is 6.07 Å². The molecule has 0 aromatic heterocycles. The third-order valence-electron chi connectivity index (χ3n) is 0.624. The Hall–Kier alpha value is -0.810. The molecule has 0 aromatic rings. The van der Waals surface area contributed by atoms with Gasteiger partial charge in [0.05, 0.1) is 0 Å². The van der Waals surface area contributed by atoms with Crippen molar-refractivity contribution >= 4 is 0 Å². The van der Waals surface area contributed by atoms with Gasteiger partial charge in [0, 0.05) is 0 Å². The summed E-state index contributed by atoms with van der Waals surface area (Å²) < 4.78 is 0. The molecular weight excluding hydrogens is 90.1 g/mol. The molecule has 38 valence electrons. The SMILES string of the molecule is C=C[C@@](C)(O)C#N. The molecule has 0 unspecified atom stereocenters.